The summed E-state index contributed by atoms with van der Waals surface area (Å²) in [6.45, 7) is 4.04. The average Bonchev–Trinajstić information content (AvgIpc) is 3.11. The molecule has 1 N–H and O–H groups in total. The second kappa shape index (κ2) is 10.5. The molecule has 0 aliphatic rings. The monoisotopic (exact) mass is 556 g/mol. The molecule has 0 aliphatic heterocycles. The molecule has 186 valence electrons. The lowest BCUT2D eigenvalue weighted by Gasteiger charge is -2.11. The first kappa shape index (κ1) is 25.4. The van der Waals surface area contributed by atoms with E-state index >= 15 is 0 Å². The first-order valence-corrected chi connectivity index (χ1v) is 11.8. The number of aromatic nitrogens is 3. The van der Waals surface area contributed by atoms with Crippen LogP contribution in [0.4, 0.5) is 14.5 Å². The van der Waals surface area contributed by atoms with Gasteiger partial charge >= 0.3 is 5.97 Å². The summed E-state index contributed by atoms with van der Waals surface area (Å²) in [5.41, 5.74) is 3.57. The summed E-state index contributed by atoms with van der Waals surface area (Å²) in [5.74, 6) is -0.836. The smallest absolute Gasteiger partial charge is 0.309 e. The van der Waals surface area contributed by atoms with Crippen molar-refractivity contribution >= 4 is 44.4 Å². The van der Waals surface area contributed by atoms with E-state index in [1.807, 2.05) is 31.2 Å². The predicted octanol–water partition coefficient (Wildman–Crippen LogP) is 5.76. The van der Waals surface area contributed by atoms with Gasteiger partial charge in [-0.1, -0.05) is 40.2 Å². The molecule has 0 radical (unpaired) electrons. The standard InChI is InChI=1S/C26H23BrF2N4O3/c1-14-24(15(2)33(32-14)13-17-6-4-16(5-7-17)10-23(34)36-3)31-26(35)20-12-22(25(28)29)30-21-9-8-18(27)11-19(20)21/h4-9,11-12,25H,10,13H2,1-3H3,(H,31,35). The summed E-state index contributed by atoms with van der Waals surface area (Å²) in [5, 5.41) is 7.86. The summed E-state index contributed by atoms with van der Waals surface area (Å²) in [7, 11) is 1.35. The predicted molar refractivity (Wildman–Crippen MR) is 135 cm³/mol. The molecule has 36 heavy (non-hydrogen) atoms. The topological polar surface area (TPSA) is 86.1 Å². The summed E-state index contributed by atoms with van der Waals surface area (Å²) in [6.07, 6.45) is -2.62. The number of alkyl halides is 2. The van der Waals surface area contributed by atoms with Gasteiger partial charge in [0.25, 0.3) is 12.3 Å². The minimum Gasteiger partial charge on any atom is -0.469 e. The molecule has 2 heterocycles. The number of nitrogens with one attached hydrogen (secondary N) is 1. The number of ether oxygens (including phenoxy) is 1. The second-order valence-corrected chi connectivity index (χ2v) is 9.20. The van der Waals surface area contributed by atoms with Gasteiger partial charge in [0, 0.05) is 9.86 Å². The number of pyridine rings is 1. The van der Waals surface area contributed by atoms with Crippen LogP contribution in [0.25, 0.3) is 10.9 Å². The van der Waals surface area contributed by atoms with Gasteiger partial charge in [0.2, 0.25) is 0 Å². The number of esters is 1. The van der Waals surface area contributed by atoms with Crippen LogP contribution in [0.5, 0.6) is 0 Å². The van der Waals surface area contributed by atoms with Crippen LogP contribution in [0.15, 0.2) is 53.0 Å². The van der Waals surface area contributed by atoms with E-state index in [-0.39, 0.29) is 18.0 Å². The van der Waals surface area contributed by atoms with Crippen molar-refractivity contribution in [2.24, 2.45) is 0 Å². The van der Waals surface area contributed by atoms with Gasteiger partial charge in [-0.05, 0) is 49.2 Å². The van der Waals surface area contributed by atoms with E-state index in [4.69, 9.17) is 4.74 Å². The highest BCUT2D eigenvalue weighted by molar-refractivity contribution is 9.10. The van der Waals surface area contributed by atoms with Crippen LogP contribution in [-0.4, -0.2) is 33.8 Å². The van der Waals surface area contributed by atoms with Crippen molar-refractivity contribution in [3.8, 4) is 0 Å². The highest BCUT2D eigenvalue weighted by atomic mass is 79.9. The zero-order valence-electron chi connectivity index (χ0n) is 19.8. The summed E-state index contributed by atoms with van der Waals surface area (Å²) >= 11 is 3.36. The van der Waals surface area contributed by atoms with Gasteiger partial charge < -0.3 is 10.1 Å². The quantitative estimate of drug-likeness (QED) is 0.292. The highest BCUT2D eigenvalue weighted by Gasteiger charge is 2.21. The normalized spacial score (nSPS) is 11.2. The van der Waals surface area contributed by atoms with Gasteiger partial charge in [-0.15, -0.1) is 0 Å². The van der Waals surface area contributed by atoms with Crippen LogP contribution in [0, 0.1) is 13.8 Å². The minimum absolute atomic E-state index is 0.101. The first-order chi connectivity index (χ1) is 17.2. The maximum Gasteiger partial charge on any atom is 0.309 e. The molecule has 4 rings (SSSR count). The third-order valence-electron chi connectivity index (χ3n) is 5.81. The summed E-state index contributed by atoms with van der Waals surface area (Å²) in [4.78, 5) is 28.7. The SMILES string of the molecule is COC(=O)Cc1ccc(Cn2nc(C)c(NC(=O)c3cc(C(F)F)nc4ccc(Br)cc34)c2C)cc1. The molecule has 1 amide bonds. The van der Waals surface area contributed by atoms with Crippen LogP contribution in [0.3, 0.4) is 0 Å². The van der Waals surface area contributed by atoms with Crippen molar-refractivity contribution in [2.75, 3.05) is 12.4 Å². The molecule has 0 spiro atoms. The number of anilines is 1. The maximum absolute atomic E-state index is 13.4. The van der Waals surface area contributed by atoms with Gasteiger partial charge in [0.15, 0.2) is 0 Å². The second-order valence-electron chi connectivity index (χ2n) is 8.28. The maximum atomic E-state index is 13.4. The fraction of sp³-hybridized carbons (Fsp3) is 0.231. The van der Waals surface area contributed by atoms with Gasteiger partial charge in [-0.2, -0.15) is 5.10 Å². The Labute approximate surface area is 214 Å². The number of hydrogen-bond donors (Lipinski definition) is 1. The van der Waals surface area contributed by atoms with E-state index in [0.29, 0.717) is 39.0 Å². The Morgan fingerprint density at radius 2 is 1.78 bits per heavy atom. The van der Waals surface area contributed by atoms with Crippen LogP contribution in [-0.2, 0) is 22.5 Å². The summed E-state index contributed by atoms with van der Waals surface area (Å²) < 4.78 is 34.0. The molecule has 0 saturated carbocycles. The molecule has 2 aromatic carbocycles. The van der Waals surface area contributed by atoms with E-state index in [9.17, 15) is 18.4 Å². The fourth-order valence-electron chi connectivity index (χ4n) is 3.91. The molecule has 2 aromatic heterocycles. The lowest BCUT2D eigenvalue weighted by Crippen LogP contribution is -2.15. The summed E-state index contributed by atoms with van der Waals surface area (Å²) in [6, 6.07) is 13.6. The minimum atomic E-state index is -2.81. The zero-order valence-corrected chi connectivity index (χ0v) is 21.4. The van der Waals surface area contributed by atoms with Crippen molar-refractivity contribution in [3.63, 3.8) is 0 Å². The molecule has 4 aromatic rings. The molecule has 0 unspecified atom stereocenters. The Balaban J connectivity index is 1.59. The Bertz CT molecular complexity index is 1450. The van der Waals surface area contributed by atoms with E-state index in [1.54, 1.807) is 29.8 Å². The largest absolute Gasteiger partial charge is 0.469 e. The number of carbonyl (C=O) groups excluding carboxylic acids is 2. The molecule has 0 fully saturated rings. The molecule has 7 nitrogen and oxygen atoms in total. The number of fused-ring (bicyclic) bond motifs is 1. The Morgan fingerprint density at radius 1 is 1.08 bits per heavy atom. The fourth-order valence-corrected chi connectivity index (χ4v) is 4.27. The van der Waals surface area contributed by atoms with E-state index in [0.717, 1.165) is 17.2 Å². The van der Waals surface area contributed by atoms with Crippen molar-refractivity contribution in [3.05, 3.63) is 86.8 Å². The lowest BCUT2D eigenvalue weighted by atomic mass is 10.1. The van der Waals surface area contributed by atoms with Gasteiger partial charge in [0.05, 0.1) is 48.2 Å². The van der Waals surface area contributed by atoms with Crippen LogP contribution in [0.2, 0.25) is 0 Å². The number of nitrogens with zero attached hydrogens (tertiary/aromatic N) is 3. The van der Waals surface area contributed by atoms with Gasteiger partial charge in [-0.25, -0.2) is 13.8 Å². The van der Waals surface area contributed by atoms with E-state index in [2.05, 4.69) is 31.3 Å². The third-order valence-corrected chi connectivity index (χ3v) is 6.30. The first-order valence-electron chi connectivity index (χ1n) is 11.0. The molecule has 0 atom stereocenters. The molecule has 10 heteroatoms. The number of benzene rings is 2. The Morgan fingerprint density at radius 3 is 2.44 bits per heavy atom. The Hall–Kier alpha value is -3.66. The number of hydrogen-bond acceptors (Lipinski definition) is 5. The molecular weight excluding hydrogens is 534 g/mol. The number of methoxy groups -OCH3 is 1. The van der Waals surface area contributed by atoms with Crippen molar-refractivity contribution in [1.29, 1.82) is 0 Å². The van der Waals surface area contributed by atoms with Gasteiger partial charge in [-0.3, -0.25) is 14.3 Å². The van der Waals surface area contributed by atoms with Crippen LogP contribution < -0.4 is 5.32 Å². The number of carbonyl (C=O) groups is 2. The number of aryl methyl sites for hydroxylation is 1. The third kappa shape index (κ3) is 5.43. The van der Waals surface area contributed by atoms with E-state index in [1.165, 1.54) is 7.11 Å². The average molecular weight is 557 g/mol. The molecular formula is C26H23BrF2N4O3. The van der Waals surface area contributed by atoms with E-state index < -0.39 is 18.0 Å². The zero-order chi connectivity index (χ0) is 26.0. The Kier molecular flexibility index (Phi) is 7.44. The lowest BCUT2D eigenvalue weighted by molar-refractivity contribution is -0.139. The molecule has 0 bridgehead atoms. The van der Waals surface area contributed by atoms with Crippen molar-refractivity contribution < 1.29 is 23.1 Å². The number of rotatable bonds is 7. The van der Waals surface area contributed by atoms with Gasteiger partial charge in [0.1, 0.15) is 5.69 Å². The van der Waals surface area contributed by atoms with Crippen LogP contribution in [0.1, 0.15) is 45.0 Å². The van der Waals surface area contributed by atoms with Crippen molar-refractivity contribution in [1.82, 2.24) is 14.8 Å². The molecule has 0 saturated heterocycles. The highest BCUT2D eigenvalue weighted by Crippen LogP contribution is 2.28. The number of halogens is 3. The molecule has 0 aliphatic carbocycles. The van der Waals surface area contributed by atoms with Crippen molar-refractivity contribution in [2.45, 2.75) is 33.2 Å². The number of amides is 1. The van der Waals surface area contributed by atoms with Crippen LogP contribution >= 0.6 is 15.9 Å².